The minimum Gasteiger partial charge on any atom is -0.307 e. The van der Waals surface area contributed by atoms with Crippen LogP contribution in [0.15, 0.2) is 47.5 Å². The number of aryl methyl sites for hydroxylation is 1. The molecule has 0 unspecified atom stereocenters. The Balaban J connectivity index is 1.62. The van der Waals surface area contributed by atoms with Gasteiger partial charge in [0.25, 0.3) is 11.5 Å². The molecule has 1 amide bonds. The van der Waals surface area contributed by atoms with Crippen molar-refractivity contribution >= 4 is 22.5 Å². The molecular formula is C22H20FN3O2. The summed E-state index contributed by atoms with van der Waals surface area (Å²) in [6.45, 7) is 0.491. The summed E-state index contributed by atoms with van der Waals surface area (Å²) >= 11 is 0. The predicted octanol–water partition coefficient (Wildman–Crippen LogP) is 3.54. The number of fused-ring (bicyclic) bond motifs is 3. The van der Waals surface area contributed by atoms with Crippen molar-refractivity contribution in [3.05, 3.63) is 70.0 Å². The summed E-state index contributed by atoms with van der Waals surface area (Å²) in [5.74, 6) is -0.435. The number of nitrogens with zero attached hydrogens (tertiary/aromatic N) is 3. The monoisotopic (exact) mass is 377 g/mol. The fourth-order valence-electron chi connectivity index (χ4n) is 4.87. The van der Waals surface area contributed by atoms with Crippen LogP contribution in [0, 0.1) is 5.82 Å². The van der Waals surface area contributed by atoms with Gasteiger partial charge in [0.05, 0.1) is 22.9 Å². The van der Waals surface area contributed by atoms with Crippen LogP contribution >= 0.6 is 0 Å². The third kappa shape index (κ3) is 2.33. The van der Waals surface area contributed by atoms with E-state index in [1.807, 2.05) is 6.07 Å². The first kappa shape index (κ1) is 17.1. The highest BCUT2D eigenvalue weighted by Crippen LogP contribution is 2.51. The smallest absolute Gasteiger partial charge is 0.260 e. The quantitative estimate of drug-likeness (QED) is 0.652. The molecule has 1 spiro atoms. The Morgan fingerprint density at radius 3 is 2.75 bits per heavy atom. The molecule has 2 aliphatic rings. The highest BCUT2D eigenvalue weighted by atomic mass is 19.1. The average Bonchev–Trinajstić information content (AvgIpc) is 3.30. The van der Waals surface area contributed by atoms with E-state index in [1.165, 1.54) is 17.0 Å². The van der Waals surface area contributed by atoms with Crippen molar-refractivity contribution in [1.29, 1.82) is 0 Å². The van der Waals surface area contributed by atoms with Gasteiger partial charge in [0, 0.05) is 30.1 Å². The van der Waals surface area contributed by atoms with E-state index in [0.29, 0.717) is 34.3 Å². The van der Waals surface area contributed by atoms with Crippen molar-refractivity contribution in [3.8, 4) is 0 Å². The van der Waals surface area contributed by atoms with E-state index in [0.717, 1.165) is 25.7 Å². The van der Waals surface area contributed by atoms with Gasteiger partial charge >= 0.3 is 0 Å². The fraction of sp³-hybridized carbons (Fsp3) is 0.318. The van der Waals surface area contributed by atoms with Gasteiger partial charge < -0.3 is 9.47 Å². The lowest BCUT2D eigenvalue weighted by atomic mass is 9.80. The molecule has 1 aliphatic heterocycles. The molecule has 142 valence electrons. The summed E-state index contributed by atoms with van der Waals surface area (Å²) in [6, 6.07) is 9.95. The van der Waals surface area contributed by atoms with Crippen molar-refractivity contribution in [2.45, 2.75) is 31.1 Å². The van der Waals surface area contributed by atoms with Crippen molar-refractivity contribution in [2.75, 3.05) is 11.4 Å². The average molecular weight is 377 g/mol. The molecule has 28 heavy (non-hydrogen) atoms. The first-order valence-electron chi connectivity index (χ1n) is 9.56. The van der Waals surface area contributed by atoms with Crippen LogP contribution in [0.2, 0.25) is 0 Å². The fourth-order valence-corrected chi connectivity index (χ4v) is 4.87. The number of carbonyl (C=O) groups is 1. The van der Waals surface area contributed by atoms with Crippen molar-refractivity contribution in [3.63, 3.8) is 0 Å². The molecule has 1 saturated carbocycles. The number of hydrogen-bond acceptors (Lipinski definition) is 3. The van der Waals surface area contributed by atoms with Crippen LogP contribution in [0.1, 0.15) is 41.6 Å². The number of anilines is 1. The standard InChI is InChI=1S/C22H20FN3O2/c1-25-13-24-17-8-7-14(11-15(17)21(25)28)20(27)26-12-22(9-2-3-10-22)19-16(23)5-4-6-18(19)26/h4-8,11,13H,2-3,9-10,12H2,1H3. The van der Waals surface area contributed by atoms with Gasteiger partial charge in [0.1, 0.15) is 5.82 Å². The molecule has 5 rings (SSSR count). The molecule has 0 saturated heterocycles. The zero-order chi connectivity index (χ0) is 19.5. The molecule has 1 aliphatic carbocycles. The van der Waals surface area contributed by atoms with Gasteiger partial charge in [0.15, 0.2) is 0 Å². The van der Waals surface area contributed by atoms with E-state index in [9.17, 15) is 14.0 Å². The van der Waals surface area contributed by atoms with Crippen LogP contribution in [-0.4, -0.2) is 22.0 Å². The van der Waals surface area contributed by atoms with Gasteiger partial charge in [-0.1, -0.05) is 18.9 Å². The lowest BCUT2D eigenvalue weighted by Crippen LogP contribution is -2.35. The molecule has 2 aromatic carbocycles. The van der Waals surface area contributed by atoms with Crippen molar-refractivity contribution in [1.82, 2.24) is 9.55 Å². The Labute approximate surface area is 161 Å². The first-order valence-corrected chi connectivity index (χ1v) is 9.56. The topological polar surface area (TPSA) is 55.2 Å². The van der Waals surface area contributed by atoms with Gasteiger partial charge in [-0.25, -0.2) is 9.37 Å². The maximum atomic E-state index is 14.7. The molecule has 5 nitrogen and oxygen atoms in total. The van der Waals surface area contributed by atoms with E-state index in [-0.39, 0.29) is 22.7 Å². The minimum absolute atomic E-state index is 0.195. The Morgan fingerprint density at radius 2 is 1.96 bits per heavy atom. The summed E-state index contributed by atoms with van der Waals surface area (Å²) in [5, 5.41) is 0.407. The molecule has 0 bridgehead atoms. The van der Waals surface area contributed by atoms with Gasteiger partial charge in [0.2, 0.25) is 0 Å². The second-order valence-electron chi connectivity index (χ2n) is 7.91. The molecule has 3 aromatic rings. The molecule has 6 heteroatoms. The van der Waals surface area contributed by atoms with Gasteiger partial charge in [-0.2, -0.15) is 0 Å². The Hall–Kier alpha value is -3.02. The highest BCUT2D eigenvalue weighted by Gasteiger charge is 2.48. The second-order valence-corrected chi connectivity index (χ2v) is 7.91. The first-order chi connectivity index (χ1) is 13.5. The lowest BCUT2D eigenvalue weighted by molar-refractivity contribution is 0.0985. The largest absolute Gasteiger partial charge is 0.307 e. The minimum atomic E-state index is -0.287. The SMILES string of the molecule is Cn1cnc2ccc(C(=O)N3CC4(CCCC4)c4c(F)cccc43)cc2c1=O. The van der Waals surface area contributed by atoms with Gasteiger partial charge in [-0.15, -0.1) is 0 Å². The van der Waals surface area contributed by atoms with E-state index < -0.39 is 0 Å². The zero-order valence-corrected chi connectivity index (χ0v) is 15.6. The summed E-state index contributed by atoms with van der Waals surface area (Å²) in [4.78, 5) is 31.7. The van der Waals surface area contributed by atoms with Crippen LogP contribution < -0.4 is 10.5 Å². The van der Waals surface area contributed by atoms with Gasteiger partial charge in [-0.05, 0) is 43.2 Å². The molecular weight excluding hydrogens is 357 g/mol. The van der Waals surface area contributed by atoms with Crippen molar-refractivity contribution < 1.29 is 9.18 Å². The van der Waals surface area contributed by atoms with Gasteiger partial charge in [-0.3, -0.25) is 9.59 Å². The summed E-state index contributed by atoms with van der Waals surface area (Å²) in [5.41, 5.74) is 1.83. The number of halogens is 1. The van der Waals surface area contributed by atoms with Crippen LogP contribution in [0.5, 0.6) is 0 Å². The zero-order valence-electron chi connectivity index (χ0n) is 15.6. The predicted molar refractivity (Wildman–Crippen MR) is 105 cm³/mol. The number of hydrogen-bond donors (Lipinski definition) is 0. The molecule has 1 fully saturated rings. The maximum Gasteiger partial charge on any atom is 0.260 e. The van der Waals surface area contributed by atoms with E-state index in [4.69, 9.17) is 0 Å². The maximum absolute atomic E-state index is 14.7. The number of benzene rings is 2. The number of aromatic nitrogens is 2. The van der Waals surface area contributed by atoms with Crippen molar-refractivity contribution in [2.24, 2.45) is 7.05 Å². The summed E-state index contributed by atoms with van der Waals surface area (Å²) in [6.07, 6.45) is 5.36. The number of amides is 1. The number of carbonyl (C=O) groups excluding carboxylic acids is 1. The Morgan fingerprint density at radius 1 is 1.18 bits per heavy atom. The summed E-state index contributed by atoms with van der Waals surface area (Å²) in [7, 11) is 1.63. The molecule has 2 heterocycles. The lowest BCUT2D eigenvalue weighted by Gasteiger charge is -2.25. The summed E-state index contributed by atoms with van der Waals surface area (Å²) < 4.78 is 16.1. The van der Waals surface area contributed by atoms with Crippen LogP contribution in [-0.2, 0) is 12.5 Å². The Bertz CT molecular complexity index is 1180. The molecule has 1 aromatic heterocycles. The molecule has 0 N–H and O–H groups in total. The van der Waals surface area contributed by atoms with Crippen LogP contribution in [0.25, 0.3) is 10.9 Å². The molecule has 0 atom stereocenters. The normalized spacial score (nSPS) is 17.4. The van der Waals surface area contributed by atoms with E-state index >= 15 is 0 Å². The highest BCUT2D eigenvalue weighted by molar-refractivity contribution is 6.09. The van der Waals surface area contributed by atoms with E-state index in [1.54, 1.807) is 36.2 Å². The van der Waals surface area contributed by atoms with Crippen LogP contribution in [0.4, 0.5) is 10.1 Å². The third-order valence-electron chi connectivity index (χ3n) is 6.24. The van der Waals surface area contributed by atoms with Crippen LogP contribution in [0.3, 0.4) is 0 Å². The molecule has 0 radical (unpaired) electrons. The number of rotatable bonds is 1. The van der Waals surface area contributed by atoms with E-state index in [2.05, 4.69) is 4.98 Å². The Kier molecular flexibility index (Phi) is 3.66. The second kappa shape index (κ2) is 5.99. The third-order valence-corrected chi connectivity index (χ3v) is 6.24.